The van der Waals surface area contributed by atoms with Crippen molar-refractivity contribution >= 4 is 38.4 Å². The summed E-state index contributed by atoms with van der Waals surface area (Å²) < 4.78 is 1.06. The Hall–Kier alpha value is -0.600. The average Bonchev–Trinajstić information content (AvgIpc) is 2.12. The zero-order valence-electron chi connectivity index (χ0n) is 7.01. The number of nitrogens with zero attached hydrogens (tertiary/aromatic N) is 1. The maximum atomic E-state index is 5.82. The molecular weight excluding hydrogens is 249 g/mol. The lowest BCUT2D eigenvalue weighted by Gasteiger charge is -2.03. The molecule has 0 aliphatic carbocycles. The Morgan fingerprint density at radius 1 is 1.23 bits per heavy atom. The monoisotopic (exact) mass is 255 g/mol. The number of rotatable bonds is 0. The van der Waals surface area contributed by atoms with Crippen molar-refractivity contribution in [2.45, 2.75) is 6.92 Å². The van der Waals surface area contributed by atoms with E-state index in [2.05, 4.69) is 20.9 Å². The van der Waals surface area contributed by atoms with Gasteiger partial charge < -0.3 is 0 Å². The highest BCUT2D eigenvalue weighted by Gasteiger charge is 2.02. The van der Waals surface area contributed by atoms with Crippen LogP contribution in [0, 0.1) is 6.92 Å². The minimum absolute atomic E-state index is 0.536. The van der Waals surface area contributed by atoms with Crippen molar-refractivity contribution in [3.8, 4) is 0 Å². The molecule has 0 radical (unpaired) electrons. The number of aryl methyl sites for hydroxylation is 1. The molecule has 3 heteroatoms. The van der Waals surface area contributed by atoms with Crippen LogP contribution in [0.15, 0.2) is 28.7 Å². The summed E-state index contributed by atoms with van der Waals surface area (Å²) in [5.74, 6) is 0. The standard InChI is InChI=1S/C10H7BrClN/c1-6-8(11)4-2-7-3-5-9(12)13-10(6)7/h2-5H,1H3. The number of pyridine rings is 1. The Morgan fingerprint density at radius 2 is 1.92 bits per heavy atom. The minimum Gasteiger partial charge on any atom is -0.236 e. The molecule has 2 aromatic rings. The summed E-state index contributed by atoms with van der Waals surface area (Å²) >= 11 is 9.27. The predicted molar refractivity (Wildman–Crippen MR) is 59.2 cm³/mol. The summed E-state index contributed by atoms with van der Waals surface area (Å²) in [4.78, 5) is 4.27. The van der Waals surface area contributed by atoms with Gasteiger partial charge in [0.2, 0.25) is 0 Å². The van der Waals surface area contributed by atoms with Crippen LogP contribution in [0.3, 0.4) is 0 Å². The summed E-state index contributed by atoms with van der Waals surface area (Å²) in [7, 11) is 0. The highest BCUT2D eigenvalue weighted by Crippen LogP contribution is 2.25. The van der Waals surface area contributed by atoms with E-state index in [1.807, 2.05) is 25.1 Å². The van der Waals surface area contributed by atoms with Gasteiger partial charge in [0.1, 0.15) is 5.15 Å². The zero-order valence-corrected chi connectivity index (χ0v) is 9.35. The van der Waals surface area contributed by atoms with Crippen molar-refractivity contribution in [1.29, 1.82) is 0 Å². The van der Waals surface area contributed by atoms with E-state index in [1.165, 1.54) is 0 Å². The Bertz CT molecular complexity index is 462. The molecule has 13 heavy (non-hydrogen) atoms. The van der Waals surface area contributed by atoms with Crippen LogP contribution >= 0.6 is 27.5 Å². The Balaban J connectivity index is 2.89. The first kappa shape index (κ1) is 8.97. The van der Waals surface area contributed by atoms with Gasteiger partial charge >= 0.3 is 0 Å². The lowest BCUT2D eigenvalue weighted by molar-refractivity contribution is 1.35. The molecule has 0 saturated heterocycles. The van der Waals surface area contributed by atoms with Crippen molar-refractivity contribution in [2.24, 2.45) is 0 Å². The molecular formula is C10H7BrClN. The van der Waals surface area contributed by atoms with Gasteiger partial charge in [0.25, 0.3) is 0 Å². The van der Waals surface area contributed by atoms with E-state index in [4.69, 9.17) is 11.6 Å². The summed E-state index contributed by atoms with van der Waals surface area (Å²) in [6.45, 7) is 2.02. The fourth-order valence-electron chi connectivity index (χ4n) is 1.28. The number of aromatic nitrogens is 1. The van der Waals surface area contributed by atoms with E-state index < -0.39 is 0 Å². The Morgan fingerprint density at radius 3 is 2.69 bits per heavy atom. The van der Waals surface area contributed by atoms with Crippen molar-refractivity contribution in [2.75, 3.05) is 0 Å². The van der Waals surface area contributed by atoms with E-state index in [0.29, 0.717) is 5.15 Å². The van der Waals surface area contributed by atoms with Gasteiger partial charge in [-0.25, -0.2) is 4.98 Å². The third kappa shape index (κ3) is 1.56. The largest absolute Gasteiger partial charge is 0.236 e. The second-order valence-electron chi connectivity index (χ2n) is 2.88. The molecule has 1 heterocycles. The predicted octanol–water partition coefficient (Wildman–Crippen LogP) is 3.96. The van der Waals surface area contributed by atoms with Crippen molar-refractivity contribution < 1.29 is 0 Å². The minimum atomic E-state index is 0.536. The smallest absolute Gasteiger partial charge is 0.129 e. The van der Waals surface area contributed by atoms with Crippen LogP contribution in [0.25, 0.3) is 10.9 Å². The second-order valence-corrected chi connectivity index (χ2v) is 4.12. The van der Waals surface area contributed by atoms with Crippen LogP contribution in [0.5, 0.6) is 0 Å². The topological polar surface area (TPSA) is 12.9 Å². The maximum absolute atomic E-state index is 5.82. The first-order valence-electron chi connectivity index (χ1n) is 3.90. The molecule has 0 aliphatic rings. The summed E-state index contributed by atoms with van der Waals surface area (Å²) in [6.07, 6.45) is 0. The molecule has 0 spiro atoms. The molecule has 66 valence electrons. The van der Waals surface area contributed by atoms with Gasteiger partial charge in [0.05, 0.1) is 5.52 Å². The first-order valence-corrected chi connectivity index (χ1v) is 5.07. The van der Waals surface area contributed by atoms with Crippen LogP contribution < -0.4 is 0 Å². The van der Waals surface area contributed by atoms with Crippen molar-refractivity contribution in [1.82, 2.24) is 4.98 Å². The summed E-state index contributed by atoms with van der Waals surface area (Å²) in [6, 6.07) is 7.82. The molecule has 0 saturated carbocycles. The van der Waals surface area contributed by atoms with E-state index >= 15 is 0 Å². The van der Waals surface area contributed by atoms with E-state index in [1.54, 1.807) is 6.07 Å². The lowest BCUT2D eigenvalue weighted by Crippen LogP contribution is -1.84. The molecule has 0 bridgehead atoms. The molecule has 1 aromatic heterocycles. The number of hydrogen-bond acceptors (Lipinski definition) is 1. The molecule has 2 rings (SSSR count). The second kappa shape index (κ2) is 3.28. The van der Waals surface area contributed by atoms with E-state index in [-0.39, 0.29) is 0 Å². The van der Waals surface area contributed by atoms with Gasteiger partial charge in [-0.2, -0.15) is 0 Å². The van der Waals surface area contributed by atoms with Crippen molar-refractivity contribution in [3.05, 3.63) is 39.5 Å². The molecule has 0 aliphatic heterocycles. The summed E-state index contributed by atoms with van der Waals surface area (Å²) in [5.41, 5.74) is 2.09. The van der Waals surface area contributed by atoms with Crippen LogP contribution in [-0.2, 0) is 0 Å². The quantitative estimate of drug-likeness (QED) is 0.650. The Labute approximate surface area is 89.9 Å². The number of halogens is 2. The molecule has 0 fully saturated rings. The van der Waals surface area contributed by atoms with Crippen LogP contribution in [-0.4, -0.2) is 4.98 Å². The van der Waals surface area contributed by atoms with Crippen LogP contribution in [0.1, 0.15) is 5.56 Å². The van der Waals surface area contributed by atoms with Crippen LogP contribution in [0.2, 0.25) is 5.15 Å². The molecule has 0 atom stereocenters. The fourth-order valence-corrected chi connectivity index (χ4v) is 1.75. The highest BCUT2D eigenvalue weighted by atomic mass is 79.9. The number of hydrogen-bond donors (Lipinski definition) is 0. The highest BCUT2D eigenvalue weighted by molar-refractivity contribution is 9.10. The Kier molecular flexibility index (Phi) is 2.26. The first-order chi connectivity index (χ1) is 6.18. The van der Waals surface area contributed by atoms with Crippen molar-refractivity contribution in [3.63, 3.8) is 0 Å². The third-order valence-electron chi connectivity index (χ3n) is 2.02. The average molecular weight is 257 g/mol. The maximum Gasteiger partial charge on any atom is 0.129 e. The zero-order chi connectivity index (χ0) is 9.42. The van der Waals surface area contributed by atoms with Crippen LogP contribution in [0.4, 0.5) is 0 Å². The molecule has 0 unspecified atom stereocenters. The fraction of sp³-hybridized carbons (Fsp3) is 0.100. The number of fused-ring (bicyclic) bond motifs is 1. The molecule has 1 aromatic carbocycles. The molecule has 1 nitrogen and oxygen atoms in total. The van der Waals surface area contributed by atoms with Gasteiger partial charge in [-0.05, 0) is 30.7 Å². The van der Waals surface area contributed by atoms with E-state index in [0.717, 1.165) is 20.9 Å². The van der Waals surface area contributed by atoms with Gasteiger partial charge in [-0.15, -0.1) is 0 Å². The van der Waals surface area contributed by atoms with Gasteiger partial charge in [-0.3, -0.25) is 0 Å². The van der Waals surface area contributed by atoms with Gasteiger partial charge in [-0.1, -0.05) is 33.6 Å². The molecule has 0 N–H and O–H groups in total. The van der Waals surface area contributed by atoms with E-state index in [9.17, 15) is 0 Å². The third-order valence-corrected chi connectivity index (χ3v) is 3.08. The molecule has 0 amide bonds. The summed E-state index contributed by atoms with van der Waals surface area (Å²) in [5, 5.41) is 1.65. The number of benzene rings is 1. The van der Waals surface area contributed by atoms with Gasteiger partial charge in [0, 0.05) is 9.86 Å². The normalized spacial score (nSPS) is 10.7. The SMILES string of the molecule is Cc1c(Br)ccc2ccc(Cl)nc12. The van der Waals surface area contributed by atoms with Gasteiger partial charge in [0.15, 0.2) is 0 Å². The lowest BCUT2D eigenvalue weighted by atomic mass is 10.1.